The summed E-state index contributed by atoms with van der Waals surface area (Å²) in [6.45, 7) is 9.53. The maximum atomic E-state index is 13.1. The maximum Gasteiger partial charge on any atom is 0.163 e. The zero-order valence-corrected chi connectivity index (χ0v) is 26.0. The highest BCUT2D eigenvalue weighted by molar-refractivity contribution is 7.22. The monoisotopic (exact) mass is 594 g/mol. The van der Waals surface area contributed by atoms with Crippen LogP contribution in [0.1, 0.15) is 44.9 Å². The molecule has 42 heavy (non-hydrogen) atoms. The minimum absolute atomic E-state index is 0.0435. The van der Waals surface area contributed by atoms with Gasteiger partial charge in [-0.3, -0.25) is 14.5 Å². The maximum absolute atomic E-state index is 13.1. The summed E-state index contributed by atoms with van der Waals surface area (Å²) in [4.78, 5) is 22.4. The Hall–Kier alpha value is -3.91. The lowest BCUT2D eigenvalue weighted by molar-refractivity contribution is -0.138. The average molecular weight is 595 g/mol. The molecule has 0 fully saturated rings. The van der Waals surface area contributed by atoms with Gasteiger partial charge in [-0.05, 0) is 94.3 Å². The van der Waals surface area contributed by atoms with E-state index in [1.54, 1.807) is 30.7 Å². The fourth-order valence-corrected chi connectivity index (χ4v) is 6.64. The van der Waals surface area contributed by atoms with Crippen LogP contribution >= 0.6 is 22.9 Å². The summed E-state index contributed by atoms with van der Waals surface area (Å²) in [7, 11) is 1.96. The van der Waals surface area contributed by atoms with E-state index in [4.69, 9.17) is 26.4 Å². The minimum atomic E-state index is -0.722. The van der Waals surface area contributed by atoms with Crippen molar-refractivity contribution in [1.29, 1.82) is 0 Å². The van der Waals surface area contributed by atoms with Gasteiger partial charge in [0.05, 0.1) is 21.3 Å². The molecule has 0 bridgehead atoms. The number of rotatable bonds is 6. The number of carbonyl (C=O) groups is 1. The Morgan fingerprint density at radius 1 is 0.976 bits per heavy atom. The third kappa shape index (κ3) is 5.24. The van der Waals surface area contributed by atoms with E-state index in [2.05, 4.69) is 29.2 Å². The number of hydrogen-bond acceptors (Lipinski definition) is 6. The van der Waals surface area contributed by atoms with Gasteiger partial charge in [-0.15, -0.1) is 11.3 Å². The first-order chi connectivity index (χ1) is 20.0. The molecule has 0 aliphatic heterocycles. The second-order valence-electron chi connectivity index (χ2n) is 11.5. The van der Waals surface area contributed by atoms with E-state index >= 15 is 0 Å². The summed E-state index contributed by atoms with van der Waals surface area (Å²) < 4.78 is 9.29. The van der Waals surface area contributed by atoms with Crippen LogP contribution in [0.3, 0.4) is 0 Å². The average Bonchev–Trinajstić information content (AvgIpc) is 3.52. The van der Waals surface area contributed by atoms with Crippen molar-refractivity contribution in [2.24, 2.45) is 7.05 Å². The van der Waals surface area contributed by atoms with Crippen molar-refractivity contribution in [3.63, 3.8) is 0 Å². The molecular weight excluding hydrogens is 564 g/mol. The molecule has 0 N–H and O–H groups in total. The van der Waals surface area contributed by atoms with Crippen LogP contribution in [0.15, 0.2) is 73.1 Å². The molecule has 0 saturated carbocycles. The van der Waals surface area contributed by atoms with Crippen molar-refractivity contribution in [3.8, 4) is 33.0 Å². The Labute approximate surface area is 254 Å². The summed E-state index contributed by atoms with van der Waals surface area (Å²) in [6.07, 6.45) is 2.84. The fourth-order valence-electron chi connectivity index (χ4n) is 5.40. The van der Waals surface area contributed by atoms with Gasteiger partial charge >= 0.3 is 0 Å². The second kappa shape index (κ2) is 10.7. The van der Waals surface area contributed by atoms with Gasteiger partial charge in [0.1, 0.15) is 16.8 Å². The molecule has 8 heteroatoms. The topological polar surface area (TPSA) is 69.9 Å². The third-order valence-electron chi connectivity index (χ3n) is 7.21. The first kappa shape index (κ1) is 28.2. The van der Waals surface area contributed by atoms with Crippen LogP contribution in [-0.2, 0) is 16.6 Å². The molecule has 0 saturated heterocycles. The molecule has 3 aromatic heterocycles. The van der Waals surface area contributed by atoms with Gasteiger partial charge < -0.3 is 4.74 Å². The summed E-state index contributed by atoms with van der Waals surface area (Å²) in [6, 6.07) is 20.1. The molecule has 0 aliphatic carbocycles. The molecule has 3 aromatic carbocycles. The van der Waals surface area contributed by atoms with Gasteiger partial charge in [0.15, 0.2) is 5.78 Å². The van der Waals surface area contributed by atoms with Crippen molar-refractivity contribution in [2.45, 2.75) is 46.3 Å². The quantitative estimate of drug-likeness (QED) is 0.192. The summed E-state index contributed by atoms with van der Waals surface area (Å²) in [5.41, 5.74) is 8.05. The highest BCUT2D eigenvalue weighted by Gasteiger charge is 2.30. The van der Waals surface area contributed by atoms with Gasteiger partial charge in [-0.1, -0.05) is 23.7 Å². The molecule has 6 nitrogen and oxygen atoms in total. The first-order valence-electron chi connectivity index (χ1n) is 13.8. The standard InChI is InChI=1S/C34H31ClN4O2S/c1-19-17-26-32(29(21-7-10-24(35)11-8-21)28(19)31(20(2)40)41-34(3,4)5)42-33(37-26)23-9-12-27-25(18-23)30(38-39(27)6)22-13-15-36-16-14-22/h7-18,31H,1-6H3/t31-/m1/s1. The van der Waals surface area contributed by atoms with Gasteiger partial charge in [-0.2, -0.15) is 5.10 Å². The fraction of sp³-hybridized carbons (Fsp3) is 0.235. The Bertz CT molecular complexity index is 1950. The lowest BCUT2D eigenvalue weighted by atomic mass is 9.90. The predicted molar refractivity (Wildman–Crippen MR) is 172 cm³/mol. The Morgan fingerprint density at radius 3 is 2.33 bits per heavy atom. The number of carbonyl (C=O) groups excluding carboxylic acids is 1. The number of thiazole rings is 1. The van der Waals surface area contributed by atoms with E-state index in [0.717, 1.165) is 65.2 Å². The van der Waals surface area contributed by atoms with Crippen LogP contribution in [0.5, 0.6) is 0 Å². The molecule has 212 valence electrons. The number of aryl methyl sites for hydroxylation is 2. The van der Waals surface area contributed by atoms with Crippen LogP contribution in [0.4, 0.5) is 0 Å². The highest BCUT2D eigenvalue weighted by Crippen LogP contribution is 2.45. The zero-order chi connectivity index (χ0) is 29.8. The van der Waals surface area contributed by atoms with Gasteiger partial charge in [0, 0.05) is 52.1 Å². The van der Waals surface area contributed by atoms with Crippen LogP contribution < -0.4 is 0 Å². The number of pyridine rings is 1. The molecule has 0 amide bonds. The van der Waals surface area contributed by atoms with Gasteiger partial charge in [-0.25, -0.2) is 4.98 Å². The van der Waals surface area contributed by atoms with Crippen LogP contribution in [-0.4, -0.2) is 31.1 Å². The molecule has 6 aromatic rings. The minimum Gasteiger partial charge on any atom is -0.360 e. The van der Waals surface area contributed by atoms with E-state index < -0.39 is 11.7 Å². The first-order valence-corrected chi connectivity index (χ1v) is 15.0. The molecular formula is C34H31ClN4O2S. The molecule has 3 heterocycles. The van der Waals surface area contributed by atoms with Crippen molar-refractivity contribution in [3.05, 3.63) is 89.2 Å². The Balaban J connectivity index is 1.59. The highest BCUT2D eigenvalue weighted by atomic mass is 35.5. The molecule has 1 atom stereocenters. The van der Waals surface area contributed by atoms with E-state index in [1.807, 2.05) is 75.8 Å². The summed E-state index contributed by atoms with van der Waals surface area (Å²) in [5, 5.41) is 7.39. The smallest absolute Gasteiger partial charge is 0.163 e. The SMILES string of the molecule is CC(=O)[C@@H](OC(C)(C)C)c1c(C)cc2nc(-c3ccc4c(c3)c(-c3ccncc3)nn4C)sc2c1-c1ccc(Cl)cc1. The number of ketones is 1. The second-order valence-corrected chi connectivity index (χ2v) is 13.0. The van der Waals surface area contributed by atoms with Gasteiger partial charge in [0.2, 0.25) is 0 Å². The molecule has 0 aliphatic rings. The number of nitrogens with zero attached hydrogens (tertiary/aromatic N) is 4. The zero-order valence-electron chi connectivity index (χ0n) is 24.4. The normalized spacial score (nSPS) is 12.7. The van der Waals surface area contributed by atoms with Crippen LogP contribution in [0, 0.1) is 6.92 Å². The van der Waals surface area contributed by atoms with Crippen molar-refractivity contribution in [1.82, 2.24) is 19.7 Å². The van der Waals surface area contributed by atoms with Crippen molar-refractivity contribution in [2.75, 3.05) is 0 Å². The molecule has 0 unspecified atom stereocenters. The largest absolute Gasteiger partial charge is 0.360 e. The van der Waals surface area contributed by atoms with Crippen molar-refractivity contribution >= 4 is 49.8 Å². The number of hydrogen-bond donors (Lipinski definition) is 0. The Morgan fingerprint density at radius 2 is 1.67 bits per heavy atom. The van der Waals surface area contributed by atoms with Crippen molar-refractivity contribution < 1.29 is 9.53 Å². The van der Waals surface area contributed by atoms with E-state index in [9.17, 15) is 4.79 Å². The Kier molecular flexibility index (Phi) is 7.21. The van der Waals surface area contributed by atoms with E-state index in [-0.39, 0.29) is 5.78 Å². The number of halogens is 1. The summed E-state index contributed by atoms with van der Waals surface area (Å²) >= 11 is 7.90. The van der Waals surface area contributed by atoms with E-state index in [0.29, 0.717) is 5.02 Å². The number of fused-ring (bicyclic) bond motifs is 2. The molecule has 0 spiro atoms. The molecule has 6 rings (SSSR count). The van der Waals surface area contributed by atoms with E-state index in [1.165, 1.54) is 0 Å². The number of benzene rings is 3. The lowest BCUT2D eigenvalue weighted by Gasteiger charge is -2.29. The number of aromatic nitrogens is 4. The summed E-state index contributed by atoms with van der Waals surface area (Å²) in [5.74, 6) is -0.0435. The van der Waals surface area contributed by atoms with Gasteiger partial charge in [0.25, 0.3) is 0 Å². The predicted octanol–water partition coefficient (Wildman–Crippen LogP) is 8.99. The number of ether oxygens (including phenoxy) is 1. The van der Waals surface area contributed by atoms with Crippen LogP contribution in [0.2, 0.25) is 5.02 Å². The third-order valence-corrected chi connectivity index (χ3v) is 8.60. The number of Topliss-reactive ketones (excluding diaryl/α,β-unsaturated/α-hetero) is 1. The lowest BCUT2D eigenvalue weighted by Crippen LogP contribution is -2.27. The molecule has 0 radical (unpaired) electrons. The van der Waals surface area contributed by atoms with Crippen LogP contribution in [0.25, 0.3) is 54.1 Å².